The fraction of sp³-hybridized carbons (Fsp3) is 0.143. The molecule has 448 valence electrons. The van der Waals surface area contributed by atoms with Gasteiger partial charge in [0, 0.05) is 39.6 Å². The molecule has 2 nitrogen and oxygen atoms in total. The fourth-order valence-corrected chi connectivity index (χ4v) is 22.3. The lowest BCUT2D eigenvalue weighted by Gasteiger charge is -2.31. The Labute approximate surface area is 542 Å². The van der Waals surface area contributed by atoms with Crippen LogP contribution in [0.4, 0.5) is 11.4 Å². The lowest BCUT2D eigenvalue weighted by molar-refractivity contribution is 1.13. The van der Waals surface area contributed by atoms with Gasteiger partial charge in [0.15, 0.2) is 0 Å². The van der Waals surface area contributed by atoms with Crippen LogP contribution in [0.3, 0.4) is 0 Å². The maximum absolute atomic E-state index is 2.46. The van der Waals surface area contributed by atoms with E-state index in [1.54, 1.807) is 0 Å². The average Bonchev–Trinajstić information content (AvgIpc) is 0.877. The first-order chi connectivity index (χ1) is 43.6. The summed E-state index contributed by atoms with van der Waals surface area (Å²) >= 11 is 0. The third-order valence-corrected chi connectivity index (χ3v) is 26.7. The number of aryl methyl sites for hydroxylation is 8. The van der Waals surface area contributed by atoms with Crippen LogP contribution in [0.15, 0.2) is 279 Å². The van der Waals surface area contributed by atoms with E-state index in [4.69, 9.17) is 0 Å². The normalized spacial score (nSPS) is 11.3. The van der Waals surface area contributed by atoms with E-state index in [1.165, 1.54) is 142 Å². The summed E-state index contributed by atoms with van der Waals surface area (Å²) in [7, 11) is 5.33. The molecule has 0 N–H and O–H groups in total. The van der Waals surface area contributed by atoms with Crippen LogP contribution in [0, 0.1) is 55.4 Å². The van der Waals surface area contributed by atoms with Crippen molar-refractivity contribution in [1.29, 1.82) is 0 Å². The predicted molar refractivity (Wildman–Crippen MR) is 405 cm³/mol. The van der Waals surface area contributed by atoms with Crippen molar-refractivity contribution in [3.8, 4) is 22.3 Å². The van der Waals surface area contributed by atoms with Gasteiger partial charge in [0.25, 0.3) is 0 Å². The zero-order valence-corrected chi connectivity index (χ0v) is 57.8. The van der Waals surface area contributed by atoms with E-state index in [0.29, 0.717) is 0 Å². The molecule has 0 heterocycles. The highest BCUT2D eigenvalue weighted by Gasteiger charge is 2.31. The summed E-state index contributed by atoms with van der Waals surface area (Å²) < 4.78 is 0. The molecule has 90 heavy (non-hydrogen) atoms. The maximum atomic E-state index is 2.46. The Morgan fingerprint density at radius 3 is 0.667 bits per heavy atom. The topological polar surface area (TPSA) is 6.48 Å². The molecule has 0 atom stereocenters. The third-order valence-electron chi connectivity index (χ3n) is 16.8. The highest BCUT2D eigenvalue weighted by atomic mass is 31.1. The molecule has 0 bridgehead atoms. The summed E-state index contributed by atoms with van der Waals surface area (Å²) in [6, 6.07) is 105. The van der Waals surface area contributed by atoms with Gasteiger partial charge in [-0.2, -0.15) is 0 Å². The first-order valence-electron chi connectivity index (χ1n) is 31.1. The van der Waals surface area contributed by atoms with Gasteiger partial charge in [-0.25, -0.2) is 0 Å². The third kappa shape index (κ3) is 14.1. The molecule has 12 rings (SSSR count). The molecule has 0 aromatic heterocycles. The summed E-state index contributed by atoms with van der Waals surface area (Å²) in [5.74, 6) is 0. The molecule has 12 aromatic carbocycles. The van der Waals surface area contributed by atoms with Gasteiger partial charge in [-0.05, 0) is 220 Å². The Morgan fingerprint density at radius 1 is 0.200 bits per heavy atom. The van der Waals surface area contributed by atoms with Crippen molar-refractivity contribution in [2.75, 3.05) is 38.0 Å². The lowest BCUT2D eigenvalue weighted by atomic mass is 9.95. The highest BCUT2D eigenvalue weighted by molar-refractivity contribution is 7.81. The molecule has 0 saturated carbocycles. The van der Waals surface area contributed by atoms with Gasteiger partial charge < -0.3 is 9.80 Å². The standard InChI is InChI=1S/C42H42N2P2.C42H40P2/c1-31-27-33(43(3)4)29-39(45(35-19-11-7-12-20-35)36-21-13-8-14-22-36)41(31)42-32(2)28-34(44(5)6)30-40(42)46(37-23-15-9-16-24-37)38-25-17-10-18-26-38;1-29-13-21-35(22-14-29)43(36-23-15-30(2)16-24-36)39-11-7-9-33(5)41(39)42-34(6)10-8-12-40(42)44(37-25-17-31(3)18-26-37)38-27-19-32(4)20-28-38/h7-30H,1-6H3;7-28H,1-6H3. The van der Waals surface area contributed by atoms with Crippen molar-refractivity contribution in [3.63, 3.8) is 0 Å². The minimum Gasteiger partial charge on any atom is -0.378 e. The minimum atomic E-state index is -0.850. The van der Waals surface area contributed by atoms with Crippen molar-refractivity contribution in [2.24, 2.45) is 0 Å². The SMILES string of the molecule is Cc1cc(N(C)C)cc(P(c2ccccc2)c2ccccc2)c1-c1c(C)cc(N(C)C)cc1P(c1ccccc1)c1ccccc1.Cc1ccc(P(c2ccc(C)cc2)c2cccc(C)c2-c2c(C)cccc2P(c2ccc(C)cc2)c2ccc(C)cc2)cc1. The zero-order valence-electron chi connectivity index (χ0n) is 54.2. The summed E-state index contributed by atoms with van der Waals surface area (Å²) in [5, 5.41) is 16.6. The van der Waals surface area contributed by atoms with Gasteiger partial charge in [0.1, 0.15) is 0 Å². The Bertz CT molecular complexity index is 3900. The van der Waals surface area contributed by atoms with Gasteiger partial charge in [-0.15, -0.1) is 0 Å². The first kappa shape index (κ1) is 63.5. The highest BCUT2D eigenvalue weighted by Crippen LogP contribution is 2.47. The molecule has 0 spiro atoms. The van der Waals surface area contributed by atoms with Crippen LogP contribution >= 0.6 is 31.7 Å². The van der Waals surface area contributed by atoms with E-state index < -0.39 is 31.7 Å². The van der Waals surface area contributed by atoms with Crippen molar-refractivity contribution in [2.45, 2.75) is 55.4 Å². The Kier molecular flexibility index (Phi) is 20.4. The van der Waals surface area contributed by atoms with Crippen molar-refractivity contribution in [3.05, 3.63) is 324 Å². The summed E-state index contributed by atoms with van der Waals surface area (Å²) in [5.41, 5.74) is 18.4. The second-order valence-electron chi connectivity index (χ2n) is 24.1. The molecular weight excluding hydrogens is 1160 g/mol. The molecule has 12 aromatic rings. The van der Waals surface area contributed by atoms with Crippen LogP contribution in [-0.4, -0.2) is 28.2 Å². The summed E-state index contributed by atoms with van der Waals surface area (Å²) in [6.07, 6.45) is 0. The van der Waals surface area contributed by atoms with E-state index in [9.17, 15) is 0 Å². The van der Waals surface area contributed by atoms with Gasteiger partial charge >= 0.3 is 0 Å². The molecule has 0 aliphatic carbocycles. The molecule has 0 fully saturated rings. The van der Waals surface area contributed by atoms with E-state index >= 15 is 0 Å². The number of hydrogen-bond acceptors (Lipinski definition) is 2. The molecule has 0 amide bonds. The zero-order chi connectivity index (χ0) is 63.0. The van der Waals surface area contributed by atoms with E-state index in [-0.39, 0.29) is 0 Å². The number of rotatable bonds is 16. The number of anilines is 2. The summed E-state index contributed by atoms with van der Waals surface area (Å²) in [4.78, 5) is 4.49. The van der Waals surface area contributed by atoms with Crippen molar-refractivity contribution < 1.29 is 0 Å². The minimum absolute atomic E-state index is 0.785. The Balaban J connectivity index is 0.000000185. The fourth-order valence-electron chi connectivity index (χ4n) is 12.1. The monoisotopic (exact) mass is 1240 g/mol. The van der Waals surface area contributed by atoms with Crippen molar-refractivity contribution in [1.82, 2.24) is 0 Å². The second kappa shape index (κ2) is 28.8. The second-order valence-corrected chi connectivity index (χ2v) is 32.8. The molecule has 0 unspecified atom stereocenters. The number of hydrogen-bond donors (Lipinski definition) is 0. The van der Waals surface area contributed by atoms with Crippen LogP contribution in [0.5, 0.6) is 0 Å². The lowest BCUT2D eigenvalue weighted by Crippen LogP contribution is -2.28. The Morgan fingerprint density at radius 2 is 0.422 bits per heavy atom. The van der Waals surface area contributed by atoms with Crippen LogP contribution in [-0.2, 0) is 0 Å². The predicted octanol–water partition coefficient (Wildman–Crippen LogP) is 16.3. The van der Waals surface area contributed by atoms with Gasteiger partial charge in [-0.3, -0.25) is 0 Å². The summed E-state index contributed by atoms with van der Waals surface area (Å²) in [6.45, 7) is 17.9. The van der Waals surface area contributed by atoms with Crippen LogP contribution in [0.1, 0.15) is 44.5 Å². The molecular formula is C84H82N2P4. The number of nitrogens with zero attached hydrogens (tertiary/aromatic N) is 2. The van der Waals surface area contributed by atoms with Crippen molar-refractivity contribution >= 4 is 107 Å². The van der Waals surface area contributed by atoms with E-state index in [2.05, 4.69) is 372 Å². The maximum Gasteiger partial charge on any atom is 0.0370 e. The van der Waals surface area contributed by atoms with Crippen LogP contribution in [0.2, 0.25) is 0 Å². The molecule has 0 aliphatic heterocycles. The van der Waals surface area contributed by atoms with Gasteiger partial charge in [0.05, 0.1) is 0 Å². The largest absolute Gasteiger partial charge is 0.378 e. The molecule has 0 aliphatic rings. The average molecular weight is 1240 g/mol. The van der Waals surface area contributed by atoms with Gasteiger partial charge in [0.2, 0.25) is 0 Å². The van der Waals surface area contributed by atoms with Crippen LogP contribution in [0.25, 0.3) is 22.3 Å². The molecule has 0 radical (unpaired) electrons. The number of benzene rings is 12. The van der Waals surface area contributed by atoms with Crippen LogP contribution < -0.4 is 73.5 Å². The van der Waals surface area contributed by atoms with Gasteiger partial charge in [-0.1, -0.05) is 277 Å². The first-order valence-corrected chi connectivity index (χ1v) is 36.5. The quantitative estimate of drug-likeness (QED) is 0.0890. The van der Waals surface area contributed by atoms with E-state index in [1.807, 2.05) is 0 Å². The molecule has 6 heteroatoms. The Hall–Kier alpha value is -8.04. The smallest absolute Gasteiger partial charge is 0.0370 e. The molecule has 0 saturated heterocycles. The van der Waals surface area contributed by atoms with E-state index in [0.717, 1.165) is 0 Å².